The second-order valence-electron chi connectivity index (χ2n) is 9.94. The summed E-state index contributed by atoms with van der Waals surface area (Å²) >= 11 is 0. The molecule has 2 saturated heterocycles. The third-order valence-corrected chi connectivity index (χ3v) is 7.40. The van der Waals surface area contributed by atoms with Gasteiger partial charge in [-0.25, -0.2) is 4.68 Å². The van der Waals surface area contributed by atoms with E-state index < -0.39 is 0 Å². The molecule has 0 N–H and O–H groups in total. The Labute approximate surface area is 207 Å². The molecule has 2 aromatic carbocycles. The molecule has 35 heavy (non-hydrogen) atoms. The standard InChI is InChI=1S/C29H34N4O2/c1-21-11-12-25(22(2)19-21)27-26(20-33(30-27)24-9-5-3-6-10-24)29(35)32-17-13-23(14-18-32)28(34)31-15-7-4-8-16-31/h3,5-6,9-12,19-20,23H,4,7-8,13-18H2,1-2H3. The lowest BCUT2D eigenvalue weighted by molar-refractivity contribution is -0.137. The molecule has 0 aliphatic carbocycles. The van der Waals surface area contributed by atoms with E-state index in [-0.39, 0.29) is 17.7 Å². The second kappa shape index (κ2) is 10.1. The van der Waals surface area contributed by atoms with Gasteiger partial charge in [-0.05, 0) is 63.6 Å². The highest BCUT2D eigenvalue weighted by molar-refractivity contribution is 6.00. The van der Waals surface area contributed by atoms with Crippen LogP contribution in [0, 0.1) is 19.8 Å². The number of hydrogen-bond donors (Lipinski definition) is 0. The molecule has 0 radical (unpaired) electrons. The number of carbonyl (C=O) groups excluding carboxylic acids is 2. The lowest BCUT2D eigenvalue weighted by Crippen LogP contribution is -2.45. The Morgan fingerprint density at radius 2 is 1.57 bits per heavy atom. The van der Waals surface area contributed by atoms with E-state index >= 15 is 0 Å². The van der Waals surface area contributed by atoms with E-state index in [0.717, 1.165) is 55.6 Å². The van der Waals surface area contributed by atoms with Crippen molar-refractivity contribution in [3.63, 3.8) is 0 Å². The number of piperidine rings is 2. The molecule has 5 rings (SSSR count). The molecule has 2 fully saturated rings. The van der Waals surface area contributed by atoms with Gasteiger partial charge in [0, 0.05) is 43.9 Å². The maximum Gasteiger partial charge on any atom is 0.257 e. The molecule has 0 unspecified atom stereocenters. The minimum atomic E-state index is -0.00831. The molecule has 6 heteroatoms. The number of hydrogen-bond acceptors (Lipinski definition) is 3. The number of aryl methyl sites for hydroxylation is 2. The van der Waals surface area contributed by atoms with Crippen LogP contribution in [0.15, 0.2) is 54.7 Å². The molecule has 2 aliphatic rings. The van der Waals surface area contributed by atoms with E-state index in [0.29, 0.717) is 24.3 Å². The highest BCUT2D eigenvalue weighted by Gasteiger charge is 2.32. The van der Waals surface area contributed by atoms with E-state index in [4.69, 9.17) is 5.10 Å². The van der Waals surface area contributed by atoms with Crippen molar-refractivity contribution in [2.45, 2.75) is 46.0 Å². The van der Waals surface area contributed by atoms with Crippen LogP contribution in [-0.2, 0) is 4.79 Å². The molecule has 182 valence electrons. The smallest absolute Gasteiger partial charge is 0.257 e. The van der Waals surface area contributed by atoms with Crippen molar-refractivity contribution in [3.05, 3.63) is 71.4 Å². The van der Waals surface area contributed by atoms with Crippen molar-refractivity contribution in [1.29, 1.82) is 0 Å². The van der Waals surface area contributed by atoms with Gasteiger partial charge in [-0.3, -0.25) is 9.59 Å². The maximum atomic E-state index is 13.8. The first-order valence-electron chi connectivity index (χ1n) is 12.8. The van der Waals surface area contributed by atoms with Gasteiger partial charge in [0.05, 0.1) is 11.3 Å². The van der Waals surface area contributed by atoms with E-state index in [1.54, 1.807) is 4.68 Å². The molecule has 0 spiro atoms. The summed E-state index contributed by atoms with van der Waals surface area (Å²) in [6.45, 7) is 7.11. The van der Waals surface area contributed by atoms with Gasteiger partial charge < -0.3 is 9.80 Å². The molecule has 0 bridgehead atoms. The molecule has 3 heterocycles. The van der Waals surface area contributed by atoms with Crippen LogP contribution in [0.5, 0.6) is 0 Å². The number of likely N-dealkylation sites (tertiary alicyclic amines) is 2. The fourth-order valence-corrected chi connectivity index (χ4v) is 5.39. The van der Waals surface area contributed by atoms with Gasteiger partial charge in [0.25, 0.3) is 5.91 Å². The summed E-state index contributed by atoms with van der Waals surface area (Å²) in [5.74, 6) is 0.304. The Morgan fingerprint density at radius 1 is 0.857 bits per heavy atom. The summed E-state index contributed by atoms with van der Waals surface area (Å²) in [5, 5.41) is 4.87. The van der Waals surface area contributed by atoms with Crippen molar-refractivity contribution < 1.29 is 9.59 Å². The van der Waals surface area contributed by atoms with Crippen molar-refractivity contribution in [1.82, 2.24) is 19.6 Å². The Kier molecular flexibility index (Phi) is 6.71. The van der Waals surface area contributed by atoms with Gasteiger partial charge >= 0.3 is 0 Å². The molecular weight excluding hydrogens is 436 g/mol. The molecule has 6 nitrogen and oxygen atoms in total. The summed E-state index contributed by atoms with van der Waals surface area (Å²) in [4.78, 5) is 30.7. The van der Waals surface area contributed by atoms with Crippen molar-refractivity contribution in [2.75, 3.05) is 26.2 Å². The normalized spacial score (nSPS) is 17.0. The number of carbonyl (C=O) groups is 2. The zero-order chi connectivity index (χ0) is 24.4. The van der Waals surface area contributed by atoms with E-state index in [1.807, 2.05) is 46.3 Å². The summed E-state index contributed by atoms with van der Waals surface area (Å²) in [6, 6.07) is 16.1. The van der Waals surface area contributed by atoms with Crippen LogP contribution in [-0.4, -0.2) is 57.6 Å². The number of rotatable bonds is 4. The fraction of sp³-hybridized carbons (Fsp3) is 0.414. The number of aromatic nitrogens is 2. The first kappa shape index (κ1) is 23.3. The first-order chi connectivity index (χ1) is 17.0. The predicted octanol–water partition coefficient (Wildman–Crippen LogP) is 5.02. The van der Waals surface area contributed by atoms with Crippen LogP contribution in [0.2, 0.25) is 0 Å². The average molecular weight is 471 g/mol. The number of benzene rings is 2. The Balaban J connectivity index is 1.39. The molecule has 0 atom stereocenters. The zero-order valence-corrected chi connectivity index (χ0v) is 20.7. The van der Waals surface area contributed by atoms with Gasteiger partial charge in [0.1, 0.15) is 5.69 Å². The highest BCUT2D eigenvalue weighted by Crippen LogP contribution is 2.30. The Bertz CT molecular complexity index is 1200. The third kappa shape index (κ3) is 4.88. The van der Waals surface area contributed by atoms with Gasteiger partial charge in [0.15, 0.2) is 0 Å². The van der Waals surface area contributed by atoms with Gasteiger partial charge in [-0.1, -0.05) is 42.0 Å². The number of para-hydroxylation sites is 1. The maximum absolute atomic E-state index is 13.8. The molecule has 3 aromatic rings. The molecule has 0 saturated carbocycles. The third-order valence-electron chi connectivity index (χ3n) is 7.40. The quantitative estimate of drug-likeness (QED) is 0.538. The van der Waals surface area contributed by atoms with Crippen LogP contribution in [0.3, 0.4) is 0 Å². The molecule has 1 aromatic heterocycles. The zero-order valence-electron chi connectivity index (χ0n) is 20.7. The van der Waals surface area contributed by atoms with Gasteiger partial charge in [0.2, 0.25) is 5.91 Å². The van der Waals surface area contributed by atoms with Crippen molar-refractivity contribution in [2.24, 2.45) is 5.92 Å². The molecule has 2 amide bonds. The van der Waals surface area contributed by atoms with Crippen LogP contribution in [0.4, 0.5) is 0 Å². The van der Waals surface area contributed by atoms with E-state index in [9.17, 15) is 9.59 Å². The largest absolute Gasteiger partial charge is 0.342 e. The lowest BCUT2D eigenvalue weighted by atomic mass is 9.93. The molecular formula is C29H34N4O2. The van der Waals surface area contributed by atoms with Gasteiger partial charge in [-0.15, -0.1) is 0 Å². The van der Waals surface area contributed by atoms with E-state index in [1.165, 1.54) is 12.0 Å². The van der Waals surface area contributed by atoms with Crippen LogP contribution >= 0.6 is 0 Å². The van der Waals surface area contributed by atoms with Crippen LogP contribution in [0.1, 0.15) is 53.6 Å². The average Bonchev–Trinajstić information content (AvgIpc) is 3.34. The van der Waals surface area contributed by atoms with Crippen molar-refractivity contribution >= 4 is 11.8 Å². The van der Waals surface area contributed by atoms with Crippen LogP contribution < -0.4 is 0 Å². The minimum Gasteiger partial charge on any atom is -0.342 e. The summed E-state index contributed by atoms with van der Waals surface area (Å²) in [6.07, 6.45) is 6.75. The second-order valence-corrected chi connectivity index (χ2v) is 9.94. The topological polar surface area (TPSA) is 58.4 Å². The van der Waals surface area contributed by atoms with Crippen LogP contribution in [0.25, 0.3) is 16.9 Å². The van der Waals surface area contributed by atoms with E-state index in [2.05, 4.69) is 32.0 Å². The molecule has 2 aliphatic heterocycles. The van der Waals surface area contributed by atoms with Crippen molar-refractivity contribution in [3.8, 4) is 16.9 Å². The first-order valence-corrected chi connectivity index (χ1v) is 12.8. The SMILES string of the molecule is Cc1ccc(-c2nn(-c3ccccc3)cc2C(=O)N2CCC(C(=O)N3CCCCC3)CC2)c(C)c1. The highest BCUT2D eigenvalue weighted by atomic mass is 16.2. The fourth-order valence-electron chi connectivity index (χ4n) is 5.39. The summed E-state index contributed by atoms with van der Waals surface area (Å²) in [5.41, 5.74) is 5.50. The number of amides is 2. The number of nitrogens with zero attached hydrogens (tertiary/aromatic N) is 4. The minimum absolute atomic E-state index is 0.00831. The summed E-state index contributed by atoms with van der Waals surface area (Å²) in [7, 11) is 0. The summed E-state index contributed by atoms with van der Waals surface area (Å²) < 4.78 is 1.80. The Morgan fingerprint density at radius 3 is 2.26 bits per heavy atom. The predicted molar refractivity (Wildman–Crippen MR) is 138 cm³/mol. The monoisotopic (exact) mass is 470 g/mol. The van der Waals surface area contributed by atoms with Gasteiger partial charge in [-0.2, -0.15) is 5.10 Å². The Hall–Kier alpha value is -3.41. The lowest BCUT2D eigenvalue weighted by Gasteiger charge is -2.35.